The van der Waals surface area contributed by atoms with Crippen LogP contribution in [0.25, 0.3) is 10.8 Å². The molecule has 0 radical (unpaired) electrons. The van der Waals surface area contributed by atoms with E-state index in [2.05, 4.69) is 12.1 Å². The van der Waals surface area contributed by atoms with Gasteiger partial charge in [-0.15, -0.1) is 0 Å². The van der Waals surface area contributed by atoms with E-state index >= 15 is 0 Å². The molecule has 17 heavy (non-hydrogen) atoms. The van der Waals surface area contributed by atoms with Crippen LogP contribution < -0.4 is 5.73 Å². The summed E-state index contributed by atoms with van der Waals surface area (Å²) in [5.41, 5.74) is 6.45. The molecule has 0 atom stereocenters. The molecule has 0 amide bonds. The molecule has 0 saturated heterocycles. The zero-order chi connectivity index (χ0) is 11.9. The third kappa shape index (κ3) is 3.35. The van der Waals surface area contributed by atoms with Crippen LogP contribution in [0.3, 0.4) is 0 Å². The van der Waals surface area contributed by atoms with E-state index in [0.29, 0.717) is 0 Å². The van der Waals surface area contributed by atoms with Gasteiger partial charge in [0.25, 0.3) is 0 Å². The van der Waals surface area contributed by atoms with Gasteiger partial charge in [-0.2, -0.15) is 0 Å². The number of hydrogen-bond donors (Lipinski definition) is 1. The highest BCUT2D eigenvalue weighted by Crippen LogP contribution is 2.15. The van der Waals surface area contributed by atoms with Gasteiger partial charge in [0.05, 0.1) is 0 Å². The average Bonchev–Trinajstić information content (AvgIpc) is 2.41. The highest BCUT2D eigenvalue weighted by molar-refractivity contribution is 5.85. The molecule has 0 aliphatic heterocycles. The minimum Gasteiger partial charge on any atom is -0.399 e. The van der Waals surface area contributed by atoms with Crippen LogP contribution in [0.15, 0.2) is 78.9 Å². The van der Waals surface area contributed by atoms with E-state index in [0.717, 1.165) is 5.69 Å². The van der Waals surface area contributed by atoms with Crippen LogP contribution in [0.1, 0.15) is 0 Å². The Morgan fingerprint density at radius 2 is 1.06 bits per heavy atom. The van der Waals surface area contributed by atoms with Gasteiger partial charge in [0.2, 0.25) is 0 Å². The van der Waals surface area contributed by atoms with Crippen LogP contribution in [0, 0.1) is 0 Å². The number of hydrogen-bond acceptors (Lipinski definition) is 1. The molecule has 0 aromatic heterocycles. The fraction of sp³-hybridized carbons (Fsp3) is 0. The quantitative estimate of drug-likeness (QED) is 0.568. The Morgan fingerprint density at radius 3 is 1.65 bits per heavy atom. The maximum Gasteiger partial charge on any atom is 0.0320 e. The van der Waals surface area contributed by atoms with Gasteiger partial charge in [0.1, 0.15) is 0 Å². The monoisotopic (exact) mass is 221 g/mol. The summed E-state index contributed by atoms with van der Waals surface area (Å²) in [5.74, 6) is 0. The lowest BCUT2D eigenvalue weighted by atomic mass is 10.1. The van der Waals surface area contributed by atoms with E-state index in [-0.39, 0.29) is 0 Å². The van der Waals surface area contributed by atoms with Gasteiger partial charge in [-0.1, -0.05) is 66.7 Å². The van der Waals surface area contributed by atoms with Crippen molar-refractivity contribution < 1.29 is 0 Å². The Bertz CT molecular complexity index is 546. The Balaban J connectivity index is 0.000000153. The predicted molar refractivity (Wildman–Crippen MR) is 74.8 cm³/mol. The molecule has 1 heteroatoms. The van der Waals surface area contributed by atoms with Gasteiger partial charge in [-0.3, -0.25) is 0 Å². The zero-order valence-electron chi connectivity index (χ0n) is 9.58. The van der Waals surface area contributed by atoms with E-state index in [4.69, 9.17) is 5.73 Å². The molecular formula is C16H15N. The molecule has 0 bridgehead atoms. The Hall–Kier alpha value is -2.28. The van der Waals surface area contributed by atoms with E-state index in [9.17, 15) is 0 Å². The molecular weight excluding hydrogens is 206 g/mol. The van der Waals surface area contributed by atoms with Crippen LogP contribution in [-0.4, -0.2) is 0 Å². The molecule has 0 heterocycles. The highest BCUT2D eigenvalue weighted by Gasteiger charge is 1.89. The summed E-state index contributed by atoms with van der Waals surface area (Å²) in [6.07, 6.45) is 0. The summed E-state index contributed by atoms with van der Waals surface area (Å²) < 4.78 is 0. The smallest absolute Gasteiger partial charge is 0.0320 e. The molecule has 0 saturated carbocycles. The first-order valence-corrected chi connectivity index (χ1v) is 5.60. The molecule has 0 spiro atoms. The normalized spacial score (nSPS) is 9.41. The summed E-state index contributed by atoms with van der Waals surface area (Å²) >= 11 is 0. The number of benzene rings is 3. The fourth-order valence-electron chi connectivity index (χ4n) is 1.59. The third-order valence-corrected chi connectivity index (χ3v) is 2.44. The fourth-order valence-corrected chi connectivity index (χ4v) is 1.59. The van der Waals surface area contributed by atoms with Gasteiger partial charge in [0, 0.05) is 5.69 Å². The van der Waals surface area contributed by atoms with Crippen molar-refractivity contribution >= 4 is 16.5 Å². The van der Waals surface area contributed by atoms with Crippen molar-refractivity contribution in [1.82, 2.24) is 0 Å². The minimum atomic E-state index is 0.823. The summed E-state index contributed by atoms with van der Waals surface area (Å²) in [4.78, 5) is 0. The van der Waals surface area contributed by atoms with Crippen LogP contribution in [0.5, 0.6) is 0 Å². The van der Waals surface area contributed by atoms with Gasteiger partial charge in [-0.05, 0) is 22.9 Å². The second kappa shape index (κ2) is 5.71. The summed E-state index contributed by atoms with van der Waals surface area (Å²) in [6, 6.07) is 26.1. The van der Waals surface area contributed by atoms with Gasteiger partial charge < -0.3 is 5.73 Å². The lowest BCUT2D eigenvalue weighted by Gasteiger charge is -1.96. The first-order valence-electron chi connectivity index (χ1n) is 5.60. The molecule has 3 aromatic carbocycles. The van der Waals surface area contributed by atoms with E-state index in [1.54, 1.807) is 0 Å². The lowest BCUT2D eigenvalue weighted by Crippen LogP contribution is -1.82. The Kier molecular flexibility index (Phi) is 3.77. The number of rotatable bonds is 0. The first-order chi connectivity index (χ1) is 8.36. The summed E-state index contributed by atoms with van der Waals surface area (Å²) in [7, 11) is 0. The first kappa shape index (κ1) is 11.2. The summed E-state index contributed by atoms with van der Waals surface area (Å²) in [5, 5.41) is 2.44. The Labute approximate surface area is 102 Å². The van der Waals surface area contributed by atoms with Crippen molar-refractivity contribution in [3.63, 3.8) is 0 Å². The molecule has 1 nitrogen and oxygen atoms in total. The number of nitrogens with two attached hydrogens (primary N) is 1. The molecule has 0 aliphatic carbocycles. The van der Waals surface area contributed by atoms with Crippen LogP contribution in [0.4, 0.5) is 5.69 Å². The maximum atomic E-state index is 5.62. The van der Waals surface area contributed by atoms with Crippen molar-refractivity contribution in [2.45, 2.75) is 0 Å². The van der Waals surface area contributed by atoms with Crippen molar-refractivity contribution in [3.8, 4) is 0 Å². The largest absolute Gasteiger partial charge is 0.399 e. The number of fused-ring (bicyclic) bond motifs is 1. The van der Waals surface area contributed by atoms with Crippen molar-refractivity contribution in [2.75, 3.05) is 5.73 Å². The number of anilines is 1. The molecule has 0 aliphatic rings. The van der Waals surface area contributed by atoms with E-state index in [1.165, 1.54) is 10.8 Å². The second-order valence-corrected chi connectivity index (χ2v) is 3.76. The van der Waals surface area contributed by atoms with Crippen LogP contribution in [-0.2, 0) is 0 Å². The van der Waals surface area contributed by atoms with Crippen molar-refractivity contribution in [3.05, 3.63) is 78.9 Å². The van der Waals surface area contributed by atoms with Gasteiger partial charge in [-0.25, -0.2) is 0 Å². The van der Waals surface area contributed by atoms with Gasteiger partial charge in [0.15, 0.2) is 0 Å². The molecule has 2 N–H and O–H groups in total. The molecule has 0 fully saturated rings. The standard InChI is InChI=1S/C10H9N.C6H6/c11-10-6-5-8-3-1-2-4-9(8)7-10;1-2-4-6-5-3-1/h1-7H,11H2;1-6H. The van der Waals surface area contributed by atoms with Crippen LogP contribution >= 0.6 is 0 Å². The number of nitrogen functional groups attached to an aromatic ring is 1. The highest BCUT2D eigenvalue weighted by atomic mass is 14.5. The van der Waals surface area contributed by atoms with Crippen molar-refractivity contribution in [2.24, 2.45) is 0 Å². The zero-order valence-corrected chi connectivity index (χ0v) is 9.58. The molecule has 0 unspecified atom stereocenters. The third-order valence-electron chi connectivity index (χ3n) is 2.44. The van der Waals surface area contributed by atoms with Crippen LogP contribution in [0.2, 0.25) is 0 Å². The molecule has 3 rings (SSSR count). The lowest BCUT2D eigenvalue weighted by molar-refractivity contribution is 1.72. The van der Waals surface area contributed by atoms with E-state index in [1.807, 2.05) is 66.7 Å². The minimum absolute atomic E-state index is 0.823. The molecule has 84 valence electrons. The van der Waals surface area contributed by atoms with Crippen molar-refractivity contribution in [1.29, 1.82) is 0 Å². The SMILES string of the molecule is Nc1ccc2ccccc2c1.c1ccccc1. The molecule has 3 aromatic rings. The maximum absolute atomic E-state index is 5.62. The Morgan fingerprint density at radius 1 is 0.529 bits per heavy atom. The average molecular weight is 221 g/mol. The van der Waals surface area contributed by atoms with E-state index < -0.39 is 0 Å². The summed E-state index contributed by atoms with van der Waals surface area (Å²) in [6.45, 7) is 0. The van der Waals surface area contributed by atoms with Gasteiger partial charge >= 0.3 is 0 Å². The second-order valence-electron chi connectivity index (χ2n) is 3.76. The predicted octanol–water partition coefficient (Wildman–Crippen LogP) is 4.11. The topological polar surface area (TPSA) is 26.0 Å².